The summed E-state index contributed by atoms with van der Waals surface area (Å²) in [5.74, 6) is -1.41. The molecule has 0 amide bonds. The Balaban J connectivity index is 2.40. The molecule has 166 valence electrons. The van der Waals surface area contributed by atoms with E-state index in [0.717, 1.165) is 11.1 Å². The Morgan fingerprint density at radius 3 is 1.38 bits per heavy atom. The van der Waals surface area contributed by atoms with Gasteiger partial charge in [-0.3, -0.25) is 9.59 Å². The first-order valence-electron chi connectivity index (χ1n) is 10.7. The molecular weight excluding hydrogens is 402 g/mol. The summed E-state index contributed by atoms with van der Waals surface area (Å²) in [5, 5.41) is 21.8. The lowest BCUT2D eigenvalue weighted by Gasteiger charge is -2.19. The van der Waals surface area contributed by atoms with Gasteiger partial charge in [-0.1, -0.05) is 64.1 Å². The van der Waals surface area contributed by atoms with Gasteiger partial charge in [-0.2, -0.15) is 0 Å². The fourth-order valence-corrected chi connectivity index (χ4v) is 3.75. The molecule has 0 unspecified atom stereocenters. The van der Waals surface area contributed by atoms with E-state index in [4.69, 9.17) is 5.73 Å². The second-order valence-corrected chi connectivity index (χ2v) is 8.70. The minimum absolute atomic E-state index is 0.0853. The molecule has 4 N–H and O–H groups in total. The van der Waals surface area contributed by atoms with Gasteiger partial charge in [0.25, 0.3) is 0 Å². The minimum atomic E-state index is -0.754. The Kier molecular flexibility index (Phi) is 6.68. The van der Waals surface area contributed by atoms with Crippen molar-refractivity contribution >= 4 is 5.69 Å². The van der Waals surface area contributed by atoms with Crippen LogP contribution in [0.3, 0.4) is 0 Å². The van der Waals surface area contributed by atoms with Crippen molar-refractivity contribution in [2.75, 3.05) is 5.73 Å². The molecule has 5 nitrogen and oxygen atoms in total. The van der Waals surface area contributed by atoms with Gasteiger partial charge in [-0.25, -0.2) is 0 Å². The molecule has 3 rings (SSSR count). The maximum Gasteiger partial charge on any atom is 0.220 e. The monoisotopic (exact) mass is 431 g/mol. The quantitative estimate of drug-likeness (QED) is 0.503. The van der Waals surface area contributed by atoms with E-state index in [9.17, 15) is 19.8 Å². The summed E-state index contributed by atoms with van der Waals surface area (Å²) >= 11 is 0. The molecule has 0 saturated carbocycles. The zero-order chi connectivity index (χ0) is 23.6. The van der Waals surface area contributed by atoms with E-state index in [-0.39, 0.29) is 11.8 Å². The number of rotatable bonds is 5. The number of nitrogens with two attached hydrogens (primary N) is 1. The molecule has 0 bridgehead atoms. The standard InChI is InChI=1S/C27H29NO4/c1-15(2)18-7-11-21(26(31)23(29)13-18)25(17-5-9-20(28)10-6-17)22-12-8-19(16(3)4)14-24(30)27(22)32/h5-16,25H,28H2,1-4H3,(H,29,31)(H,30,32). The molecule has 3 aromatic carbocycles. The molecule has 32 heavy (non-hydrogen) atoms. The Morgan fingerprint density at radius 1 is 0.625 bits per heavy atom. The lowest BCUT2D eigenvalue weighted by Crippen LogP contribution is -2.09. The Labute approximate surface area is 187 Å². The van der Waals surface area contributed by atoms with E-state index < -0.39 is 28.3 Å². The van der Waals surface area contributed by atoms with Crippen LogP contribution >= 0.6 is 0 Å². The molecule has 0 aliphatic rings. The number of anilines is 1. The van der Waals surface area contributed by atoms with E-state index in [2.05, 4.69) is 0 Å². The highest BCUT2D eigenvalue weighted by Gasteiger charge is 2.25. The summed E-state index contributed by atoms with van der Waals surface area (Å²) in [4.78, 5) is 25.5. The fourth-order valence-electron chi connectivity index (χ4n) is 3.75. The van der Waals surface area contributed by atoms with Gasteiger partial charge in [0.15, 0.2) is 11.5 Å². The summed E-state index contributed by atoms with van der Waals surface area (Å²) in [6.45, 7) is 7.85. The van der Waals surface area contributed by atoms with Crippen LogP contribution < -0.4 is 16.6 Å². The smallest absolute Gasteiger partial charge is 0.220 e. The summed E-state index contributed by atoms with van der Waals surface area (Å²) in [6, 6.07) is 16.7. The van der Waals surface area contributed by atoms with Crippen molar-refractivity contribution in [3.05, 3.63) is 109 Å². The van der Waals surface area contributed by atoms with Crippen LogP contribution in [-0.2, 0) is 0 Å². The van der Waals surface area contributed by atoms with Gasteiger partial charge in [0.05, 0.1) is 0 Å². The van der Waals surface area contributed by atoms with Crippen LogP contribution in [0, 0.1) is 0 Å². The normalized spacial score (nSPS) is 11.3. The van der Waals surface area contributed by atoms with Gasteiger partial charge in [0.2, 0.25) is 10.9 Å². The van der Waals surface area contributed by atoms with E-state index in [1.54, 1.807) is 48.5 Å². The number of hydrogen-bond donors (Lipinski definition) is 3. The van der Waals surface area contributed by atoms with Crippen molar-refractivity contribution in [1.29, 1.82) is 0 Å². The molecular formula is C27H29NO4. The summed E-state index contributed by atoms with van der Waals surface area (Å²) in [5.41, 5.74) is 8.23. The average molecular weight is 432 g/mol. The van der Waals surface area contributed by atoms with Crippen molar-refractivity contribution in [1.82, 2.24) is 0 Å². The predicted molar refractivity (Wildman–Crippen MR) is 129 cm³/mol. The van der Waals surface area contributed by atoms with Crippen LogP contribution in [0.2, 0.25) is 0 Å². The first-order valence-corrected chi connectivity index (χ1v) is 10.7. The maximum atomic E-state index is 12.7. The largest absolute Gasteiger partial charge is 0.504 e. The summed E-state index contributed by atoms with van der Waals surface area (Å²) < 4.78 is 0. The maximum absolute atomic E-state index is 12.7. The average Bonchev–Trinajstić information content (AvgIpc) is 2.98. The second-order valence-electron chi connectivity index (χ2n) is 8.70. The second kappa shape index (κ2) is 9.27. The van der Waals surface area contributed by atoms with Crippen LogP contribution in [0.25, 0.3) is 0 Å². The third-order valence-corrected chi connectivity index (χ3v) is 5.75. The summed E-state index contributed by atoms with van der Waals surface area (Å²) in [7, 11) is 0. The number of benzene rings is 1. The van der Waals surface area contributed by atoms with Crippen LogP contribution in [-0.4, -0.2) is 10.2 Å². The third kappa shape index (κ3) is 4.67. The predicted octanol–water partition coefficient (Wildman–Crippen LogP) is 4.83. The first-order chi connectivity index (χ1) is 15.1. The zero-order valence-electron chi connectivity index (χ0n) is 18.8. The lowest BCUT2D eigenvalue weighted by atomic mass is 9.85. The number of aromatic hydroxyl groups is 2. The highest BCUT2D eigenvalue weighted by Crippen LogP contribution is 2.38. The Bertz CT molecular complexity index is 1170. The molecule has 0 atom stereocenters. The van der Waals surface area contributed by atoms with Crippen molar-refractivity contribution in [3.8, 4) is 11.5 Å². The SMILES string of the molecule is CC(C)c1ccc(C(c2ccc(N)cc2)c2ccc(C(C)C)cc(=O)c2O)c(O)c(=O)c1. The molecule has 0 aliphatic carbocycles. The van der Waals surface area contributed by atoms with Crippen molar-refractivity contribution < 1.29 is 10.2 Å². The van der Waals surface area contributed by atoms with E-state index in [1.165, 1.54) is 12.1 Å². The van der Waals surface area contributed by atoms with Crippen molar-refractivity contribution in [3.63, 3.8) is 0 Å². The number of hydrogen-bond acceptors (Lipinski definition) is 5. The minimum Gasteiger partial charge on any atom is -0.504 e. The van der Waals surface area contributed by atoms with Gasteiger partial charge >= 0.3 is 0 Å². The molecule has 0 heterocycles. The lowest BCUT2D eigenvalue weighted by molar-refractivity contribution is 0.454. The molecule has 0 saturated heterocycles. The van der Waals surface area contributed by atoms with E-state index in [1.807, 2.05) is 27.7 Å². The van der Waals surface area contributed by atoms with Gasteiger partial charge in [-0.15, -0.1) is 0 Å². The molecule has 3 aromatic rings. The van der Waals surface area contributed by atoms with Gasteiger partial charge < -0.3 is 15.9 Å². The van der Waals surface area contributed by atoms with Crippen LogP contribution in [0.15, 0.2) is 70.3 Å². The topological polar surface area (TPSA) is 101 Å². The van der Waals surface area contributed by atoms with Crippen LogP contribution in [0.4, 0.5) is 5.69 Å². The Morgan fingerprint density at radius 2 is 1.00 bits per heavy atom. The van der Waals surface area contributed by atoms with Crippen molar-refractivity contribution in [2.45, 2.75) is 45.4 Å². The van der Waals surface area contributed by atoms with Crippen molar-refractivity contribution in [2.24, 2.45) is 0 Å². The van der Waals surface area contributed by atoms with Gasteiger partial charge in [0.1, 0.15) is 0 Å². The third-order valence-electron chi connectivity index (χ3n) is 5.75. The highest BCUT2D eigenvalue weighted by atomic mass is 16.3. The van der Waals surface area contributed by atoms with Crippen LogP contribution in [0.5, 0.6) is 11.5 Å². The van der Waals surface area contributed by atoms with Gasteiger partial charge in [0, 0.05) is 22.7 Å². The van der Waals surface area contributed by atoms with Gasteiger partial charge in [-0.05, 0) is 52.8 Å². The van der Waals surface area contributed by atoms with Crippen LogP contribution in [0.1, 0.15) is 73.3 Å². The highest BCUT2D eigenvalue weighted by molar-refractivity contribution is 5.54. The first kappa shape index (κ1) is 23.1. The molecule has 0 radical (unpaired) electrons. The molecule has 0 aliphatic heterocycles. The summed E-state index contributed by atoms with van der Waals surface area (Å²) in [6.07, 6.45) is 0. The van der Waals surface area contributed by atoms with E-state index >= 15 is 0 Å². The zero-order valence-corrected chi connectivity index (χ0v) is 18.8. The Hall–Kier alpha value is -3.60. The molecule has 5 heteroatoms. The molecule has 0 fully saturated rings. The number of nitrogen functional groups attached to an aromatic ring is 1. The van der Waals surface area contributed by atoms with E-state index in [0.29, 0.717) is 22.4 Å². The molecule has 0 aromatic heterocycles. The molecule has 0 spiro atoms. The fraction of sp³-hybridized carbons (Fsp3) is 0.259.